The number of hydrogen-bond donors (Lipinski definition) is 1. The lowest BCUT2D eigenvalue weighted by atomic mass is 10.2. The van der Waals surface area contributed by atoms with Gasteiger partial charge in [0.2, 0.25) is 0 Å². The first-order chi connectivity index (χ1) is 10.5. The maximum atomic E-state index is 13.7. The lowest BCUT2D eigenvalue weighted by molar-refractivity contribution is -0.122. The van der Waals surface area contributed by atoms with Crippen molar-refractivity contribution in [1.82, 2.24) is 0 Å². The molecule has 2 aromatic carbocycles. The Balaban J connectivity index is 2.06. The molecule has 0 radical (unpaired) electrons. The fourth-order valence-electron chi connectivity index (χ4n) is 1.80. The van der Waals surface area contributed by atoms with Gasteiger partial charge >= 0.3 is 0 Å². The van der Waals surface area contributed by atoms with Crippen LogP contribution in [-0.2, 0) is 4.79 Å². The summed E-state index contributed by atoms with van der Waals surface area (Å²) in [6.07, 6.45) is -0.267. The van der Waals surface area contributed by atoms with E-state index in [-0.39, 0.29) is 5.69 Å². The third-order valence-corrected chi connectivity index (χ3v) is 3.69. The molecule has 0 aliphatic heterocycles. The summed E-state index contributed by atoms with van der Waals surface area (Å²) in [5.74, 6) is -0.384. The number of carbonyl (C=O) groups is 1. The summed E-state index contributed by atoms with van der Waals surface area (Å²) in [5, 5.41) is 3.12. The molecule has 0 saturated heterocycles. The Morgan fingerprint density at radius 2 is 2.00 bits per heavy atom. The van der Waals surface area contributed by atoms with Crippen LogP contribution in [0.3, 0.4) is 0 Å². The maximum absolute atomic E-state index is 13.7. The van der Waals surface area contributed by atoms with E-state index < -0.39 is 17.8 Å². The summed E-state index contributed by atoms with van der Waals surface area (Å²) < 4.78 is 20.0. The summed E-state index contributed by atoms with van der Waals surface area (Å²) in [4.78, 5) is 12.2. The van der Waals surface area contributed by atoms with Crippen LogP contribution < -0.4 is 10.1 Å². The van der Waals surface area contributed by atoms with Gasteiger partial charge in [0.05, 0.1) is 5.69 Å². The number of rotatable bonds is 5. The molecular formula is C16H14BrClFNO2. The highest BCUT2D eigenvalue weighted by Gasteiger charge is 2.19. The fourth-order valence-corrected chi connectivity index (χ4v) is 2.26. The van der Waals surface area contributed by atoms with Gasteiger partial charge < -0.3 is 10.1 Å². The van der Waals surface area contributed by atoms with Gasteiger partial charge in [-0.05, 0) is 48.9 Å². The third-order valence-electron chi connectivity index (χ3n) is 2.94. The van der Waals surface area contributed by atoms with E-state index in [1.807, 2.05) is 6.92 Å². The summed E-state index contributed by atoms with van der Waals surface area (Å²) >= 11 is 8.97. The Hall–Kier alpha value is -1.59. The van der Waals surface area contributed by atoms with E-state index in [1.54, 1.807) is 30.3 Å². The van der Waals surface area contributed by atoms with Crippen molar-refractivity contribution in [1.29, 1.82) is 0 Å². The molecule has 22 heavy (non-hydrogen) atoms. The van der Waals surface area contributed by atoms with Crippen LogP contribution in [-0.4, -0.2) is 12.0 Å². The second-order valence-corrected chi connectivity index (χ2v) is 5.93. The Kier molecular flexibility index (Phi) is 5.80. The smallest absolute Gasteiger partial charge is 0.265 e. The van der Waals surface area contributed by atoms with Crippen molar-refractivity contribution in [2.75, 3.05) is 5.32 Å². The quantitative estimate of drug-likeness (QED) is 0.782. The highest BCUT2D eigenvalue weighted by molar-refractivity contribution is 9.10. The van der Waals surface area contributed by atoms with Crippen LogP contribution in [0.2, 0.25) is 5.02 Å². The minimum Gasteiger partial charge on any atom is -0.481 e. The molecule has 0 unspecified atom stereocenters. The number of ether oxygens (including phenoxy) is 1. The van der Waals surface area contributed by atoms with Crippen LogP contribution in [0.1, 0.15) is 13.3 Å². The largest absolute Gasteiger partial charge is 0.481 e. The molecule has 0 aliphatic rings. The first-order valence-electron chi connectivity index (χ1n) is 6.67. The number of carbonyl (C=O) groups excluding carboxylic acids is 1. The molecule has 1 amide bonds. The van der Waals surface area contributed by atoms with Gasteiger partial charge in [0.25, 0.3) is 5.91 Å². The number of amides is 1. The van der Waals surface area contributed by atoms with E-state index in [9.17, 15) is 9.18 Å². The zero-order valence-corrected chi connectivity index (χ0v) is 14.1. The Morgan fingerprint density at radius 3 is 2.59 bits per heavy atom. The van der Waals surface area contributed by atoms with Crippen LogP contribution in [0.15, 0.2) is 46.9 Å². The molecule has 0 spiro atoms. The zero-order valence-electron chi connectivity index (χ0n) is 11.8. The van der Waals surface area contributed by atoms with Crippen LogP contribution in [0.5, 0.6) is 5.75 Å². The molecule has 0 heterocycles. The minimum absolute atomic E-state index is 0.117. The topological polar surface area (TPSA) is 38.3 Å². The summed E-state index contributed by atoms with van der Waals surface area (Å²) in [5.41, 5.74) is 0.117. The SMILES string of the molecule is CC[C@H](Oc1ccc(Cl)cc1)C(=O)Nc1ccc(Br)cc1F. The molecule has 3 nitrogen and oxygen atoms in total. The second-order valence-electron chi connectivity index (χ2n) is 4.58. The van der Waals surface area contributed by atoms with Gasteiger partial charge in [0.15, 0.2) is 6.10 Å². The highest BCUT2D eigenvalue weighted by atomic mass is 79.9. The molecule has 6 heteroatoms. The Morgan fingerprint density at radius 1 is 1.32 bits per heavy atom. The standard InChI is InChI=1S/C16H14BrClFNO2/c1-2-15(22-12-6-4-11(18)5-7-12)16(21)20-14-8-3-10(17)9-13(14)19/h3-9,15H,2H2,1H3,(H,20,21)/t15-/m0/s1. The number of nitrogens with one attached hydrogen (secondary N) is 1. The van der Waals surface area contributed by atoms with Gasteiger partial charge in [-0.15, -0.1) is 0 Å². The molecule has 116 valence electrons. The molecule has 0 bridgehead atoms. The van der Waals surface area contributed by atoms with Crippen molar-refractivity contribution in [3.8, 4) is 5.75 Å². The average Bonchev–Trinajstić information content (AvgIpc) is 2.49. The highest BCUT2D eigenvalue weighted by Crippen LogP contribution is 2.21. The first kappa shape index (κ1) is 16.8. The maximum Gasteiger partial charge on any atom is 0.265 e. The fraction of sp³-hybridized carbons (Fsp3) is 0.188. The van der Waals surface area contributed by atoms with Crippen LogP contribution >= 0.6 is 27.5 Å². The van der Waals surface area contributed by atoms with E-state index in [4.69, 9.17) is 16.3 Å². The van der Waals surface area contributed by atoms with Gasteiger partial charge in [0.1, 0.15) is 11.6 Å². The molecule has 1 atom stereocenters. The van der Waals surface area contributed by atoms with Crippen molar-refractivity contribution in [2.24, 2.45) is 0 Å². The Labute approximate surface area is 141 Å². The molecule has 2 rings (SSSR count). The van der Waals surface area contributed by atoms with Gasteiger partial charge in [0, 0.05) is 9.50 Å². The van der Waals surface area contributed by atoms with E-state index in [0.717, 1.165) is 0 Å². The first-order valence-corrected chi connectivity index (χ1v) is 7.85. The van der Waals surface area contributed by atoms with Gasteiger partial charge in [-0.2, -0.15) is 0 Å². The molecule has 0 saturated carbocycles. The lowest BCUT2D eigenvalue weighted by Crippen LogP contribution is -2.32. The lowest BCUT2D eigenvalue weighted by Gasteiger charge is -2.17. The van der Waals surface area contributed by atoms with Gasteiger partial charge in [-0.25, -0.2) is 4.39 Å². The Bertz CT molecular complexity index is 664. The van der Waals surface area contributed by atoms with Crippen molar-refractivity contribution in [3.63, 3.8) is 0 Å². The number of anilines is 1. The summed E-state index contributed by atoms with van der Waals surface area (Å²) in [6, 6.07) is 11.1. The van der Waals surface area contributed by atoms with Crippen LogP contribution in [0.25, 0.3) is 0 Å². The molecular weight excluding hydrogens is 373 g/mol. The summed E-state index contributed by atoms with van der Waals surface area (Å²) in [6.45, 7) is 1.82. The average molecular weight is 387 g/mol. The number of halogens is 3. The van der Waals surface area contributed by atoms with Crippen LogP contribution in [0.4, 0.5) is 10.1 Å². The summed E-state index contributed by atoms with van der Waals surface area (Å²) in [7, 11) is 0. The molecule has 0 aromatic heterocycles. The second kappa shape index (κ2) is 7.61. The molecule has 0 aliphatic carbocycles. The third kappa shape index (κ3) is 4.45. The van der Waals surface area contributed by atoms with Crippen molar-refractivity contribution < 1.29 is 13.9 Å². The predicted molar refractivity (Wildman–Crippen MR) is 88.9 cm³/mol. The molecule has 2 aromatic rings. The monoisotopic (exact) mass is 385 g/mol. The van der Waals surface area contributed by atoms with Crippen molar-refractivity contribution in [3.05, 3.63) is 57.8 Å². The van der Waals surface area contributed by atoms with E-state index in [1.165, 1.54) is 12.1 Å². The van der Waals surface area contributed by atoms with Crippen molar-refractivity contribution >= 4 is 39.1 Å². The van der Waals surface area contributed by atoms with Crippen LogP contribution in [0, 0.1) is 5.82 Å². The number of benzene rings is 2. The predicted octanol–water partition coefficient (Wildman–Crippen LogP) is 5.04. The van der Waals surface area contributed by atoms with E-state index in [0.29, 0.717) is 21.7 Å². The van der Waals surface area contributed by atoms with Gasteiger partial charge in [-0.3, -0.25) is 4.79 Å². The molecule has 0 fully saturated rings. The minimum atomic E-state index is -0.718. The number of hydrogen-bond acceptors (Lipinski definition) is 2. The van der Waals surface area contributed by atoms with E-state index >= 15 is 0 Å². The van der Waals surface area contributed by atoms with E-state index in [2.05, 4.69) is 21.2 Å². The zero-order chi connectivity index (χ0) is 16.1. The van der Waals surface area contributed by atoms with Gasteiger partial charge in [-0.1, -0.05) is 34.5 Å². The normalized spacial score (nSPS) is 11.8. The van der Waals surface area contributed by atoms with Crippen molar-refractivity contribution in [2.45, 2.75) is 19.4 Å². The molecule has 1 N–H and O–H groups in total.